The minimum atomic E-state index is -3.74. The van der Waals surface area contributed by atoms with Crippen molar-refractivity contribution < 1.29 is 13.3 Å². The molecule has 122 valence electrons. The first-order valence-electron chi connectivity index (χ1n) is 7.25. The number of hydrogen-bond acceptors (Lipinski definition) is 5. The molecule has 0 aromatic heterocycles. The van der Waals surface area contributed by atoms with Crippen LogP contribution in [0.3, 0.4) is 0 Å². The zero-order valence-corrected chi connectivity index (χ0v) is 13.5. The topological polar surface area (TPSA) is 107 Å². The van der Waals surface area contributed by atoms with Gasteiger partial charge in [0, 0.05) is 30.8 Å². The highest BCUT2D eigenvalue weighted by atomic mass is 32.2. The highest BCUT2D eigenvalue weighted by molar-refractivity contribution is 7.89. The van der Waals surface area contributed by atoms with Crippen LogP contribution in [0.2, 0.25) is 0 Å². The molecule has 8 heteroatoms. The molecular formula is C14H21N3O4S. The standard InChI is InChI=1S/C14H21N3O4S/c1-10-13(17(18)19)6-3-7-14(10)22(20,21)16-8-4-5-12(9-16)11(2)15/h3,6-7,11-12H,4-5,8-9,15H2,1-2H3. The number of nitrogens with two attached hydrogens (primary N) is 1. The Balaban J connectivity index is 2.39. The molecule has 0 amide bonds. The van der Waals surface area contributed by atoms with E-state index >= 15 is 0 Å². The minimum Gasteiger partial charge on any atom is -0.328 e. The van der Waals surface area contributed by atoms with Crippen LogP contribution in [-0.2, 0) is 10.0 Å². The largest absolute Gasteiger partial charge is 0.328 e. The Labute approximate surface area is 130 Å². The quantitative estimate of drug-likeness (QED) is 0.668. The lowest BCUT2D eigenvalue weighted by molar-refractivity contribution is -0.385. The lowest BCUT2D eigenvalue weighted by Gasteiger charge is -2.34. The van der Waals surface area contributed by atoms with Gasteiger partial charge in [-0.05, 0) is 38.7 Å². The first-order valence-corrected chi connectivity index (χ1v) is 8.69. The van der Waals surface area contributed by atoms with Gasteiger partial charge in [0.15, 0.2) is 0 Å². The van der Waals surface area contributed by atoms with Crippen molar-refractivity contribution >= 4 is 15.7 Å². The van der Waals surface area contributed by atoms with Crippen molar-refractivity contribution in [3.8, 4) is 0 Å². The molecule has 2 N–H and O–H groups in total. The van der Waals surface area contributed by atoms with Gasteiger partial charge in [-0.1, -0.05) is 6.07 Å². The zero-order valence-electron chi connectivity index (χ0n) is 12.7. The van der Waals surface area contributed by atoms with Crippen LogP contribution in [0.1, 0.15) is 25.3 Å². The van der Waals surface area contributed by atoms with E-state index in [4.69, 9.17) is 5.73 Å². The van der Waals surface area contributed by atoms with E-state index in [1.54, 1.807) is 0 Å². The van der Waals surface area contributed by atoms with E-state index < -0.39 is 14.9 Å². The van der Waals surface area contributed by atoms with E-state index in [9.17, 15) is 18.5 Å². The third-order valence-electron chi connectivity index (χ3n) is 4.23. The molecule has 1 aliphatic rings. The first-order chi connectivity index (χ1) is 10.2. The fraction of sp³-hybridized carbons (Fsp3) is 0.571. The van der Waals surface area contributed by atoms with Gasteiger partial charge in [0.25, 0.3) is 5.69 Å². The number of benzene rings is 1. The van der Waals surface area contributed by atoms with Crippen molar-refractivity contribution in [3.63, 3.8) is 0 Å². The predicted octanol–water partition coefficient (Wildman–Crippen LogP) is 1.65. The molecular weight excluding hydrogens is 306 g/mol. The molecule has 2 atom stereocenters. The Morgan fingerprint density at radius 3 is 2.73 bits per heavy atom. The molecule has 1 saturated heterocycles. The molecule has 0 aliphatic carbocycles. The maximum Gasteiger partial charge on any atom is 0.273 e. The second kappa shape index (κ2) is 6.31. The highest BCUT2D eigenvalue weighted by Gasteiger charge is 2.33. The lowest BCUT2D eigenvalue weighted by Crippen LogP contribution is -2.45. The molecule has 1 fully saturated rings. The van der Waals surface area contributed by atoms with Gasteiger partial charge in [0.2, 0.25) is 10.0 Å². The molecule has 2 rings (SSSR count). The van der Waals surface area contributed by atoms with Crippen LogP contribution in [0.5, 0.6) is 0 Å². The Morgan fingerprint density at radius 1 is 1.45 bits per heavy atom. The van der Waals surface area contributed by atoms with Crippen LogP contribution in [-0.4, -0.2) is 36.8 Å². The number of nitro groups is 1. The van der Waals surface area contributed by atoms with Crippen molar-refractivity contribution in [3.05, 3.63) is 33.9 Å². The summed E-state index contributed by atoms with van der Waals surface area (Å²) in [5.41, 5.74) is 5.89. The number of nitrogens with zero attached hydrogens (tertiary/aromatic N) is 2. The van der Waals surface area contributed by atoms with Gasteiger partial charge >= 0.3 is 0 Å². The van der Waals surface area contributed by atoms with Gasteiger partial charge in [-0.2, -0.15) is 4.31 Å². The SMILES string of the molecule is Cc1c([N+](=O)[O-])cccc1S(=O)(=O)N1CCCC(C(C)N)C1. The van der Waals surface area contributed by atoms with Crippen LogP contribution in [0, 0.1) is 23.0 Å². The number of nitro benzene ring substituents is 1. The lowest BCUT2D eigenvalue weighted by atomic mass is 9.93. The number of hydrogen-bond donors (Lipinski definition) is 1. The van der Waals surface area contributed by atoms with Gasteiger partial charge in [-0.15, -0.1) is 0 Å². The molecule has 1 aliphatic heterocycles. The van der Waals surface area contributed by atoms with Gasteiger partial charge < -0.3 is 5.73 Å². The molecule has 2 unspecified atom stereocenters. The second-order valence-electron chi connectivity index (χ2n) is 5.78. The third kappa shape index (κ3) is 3.13. The van der Waals surface area contributed by atoms with E-state index in [0.29, 0.717) is 13.1 Å². The minimum absolute atomic E-state index is 0.00650. The molecule has 0 saturated carbocycles. The zero-order chi connectivity index (χ0) is 16.5. The average molecular weight is 327 g/mol. The normalized spacial score (nSPS) is 21.5. The summed E-state index contributed by atoms with van der Waals surface area (Å²) in [7, 11) is -3.74. The fourth-order valence-electron chi connectivity index (χ4n) is 2.84. The van der Waals surface area contributed by atoms with Gasteiger partial charge in [0.1, 0.15) is 0 Å². The van der Waals surface area contributed by atoms with Crippen molar-refractivity contribution in [2.24, 2.45) is 11.7 Å². The molecule has 0 spiro atoms. The molecule has 1 aromatic rings. The van der Waals surface area contributed by atoms with Crippen LogP contribution >= 0.6 is 0 Å². The summed E-state index contributed by atoms with van der Waals surface area (Å²) in [6.07, 6.45) is 1.65. The summed E-state index contributed by atoms with van der Waals surface area (Å²) in [5.74, 6) is 0.113. The monoisotopic (exact) mass is 327 g/mol. The van der Waals surface area contributed by atoms with E-state index in [0.717, 1.165) is 12.8 Å². The van der Waals surface area contributed by atoms with Crippen molar-refractivity contribution in [2.45, 2.75) is 37.6 Å². The van der Waals surface area contributed by atoms with Crippen LogP contribution in [0.15, 0.2) is 23.1 Å². The summed E-state index contributed by atoms with van der Waals surface area (Å²) in [5, 5.41) is 11.0. The molecule has 1 aromatic carbocycles. The third-order valence-corrected chi connectivity index (χ3v) is 6.24. The average Bonchev–Trinajstić information content (AvgIpc) is 2.47. The Hall–Kier alpha value is -1.51. The molecule has 0 radical (unpaired) electrons. The summed E-state index contributed by atoms with van der Waals surface area (Å²) < 4.78 is 27.0. The van der Waals surface area contributed by atoms with Crippen LogP contribution in [0.4, 0.5) is 5.69 Å². The van der Waals surface area contributed by atoms with Crippen molar-refractivity contribution in [2.75, 3.05) is 13.1 Å². The Morgan fingerprint density at radius 2 is 2.14 bits per heavy atom. The second-order valence-corrected chi connectivity index (χ2v) is 7.69. The highest BCUT2D eigenvalue weighted by Crippen LogP contribution is 2.30. The maximum absolute atomic E-state index is 12.8. The molecule has 1 heterocycles. The smallest absolute Gasteiger partial charge is 0.273 e. The number of sulfonamides is 1. The molecule has 7 nitrogen and oxygen atoms in total. The summed E-state index contributed by atoms with van der Waals surface area (Å²) >= 11 is 0. The molecule has 0 bridgehead atoms. The first kappa shape index (κ1) is 16.9. The number of piperidine rings is 1. The van der Waals surface area contributed by atoms with Crippen molar-refractivity contribution in [1.82, 2.24) is 4.31 Å². The van der Waals surface area contributed by atoms with Gasteiger partial charge in [-0.25, -0.2) is 8.42 Å². The van der Waals surface area contributed by atoms with Gasteiger partial charge in [0.05, 0.1) is 9.82 Å². The van der Waals surface area contributed by atoms with Crippen molar-refractivity contribution in [1.29, 1.82) is 0 Å². The summed E-state index contributed by atoms with van der Waals surface area (Å²) in [4.78, 5) is 10.4. The Bertz CT molecular complexity index is 673. The number of rotatable bonds is 4. The summed E-state index contributed by atoms with van der Waals surface area (Å²) in [6, 6.07) is 4.07. The van der Waals surface area contributed by atoms with Crippen LogP contribution in [0.25, 0.3) is 0 Å². The summed E-state index contributed by atoms with van der Waals surface area (Å²) in [6.45, 7) is 4.13. The van der Waals surface area contributed by atoms with E-state index in [1.807, 2.05) is 6.92 Å². The van der Waals surface area contributed by atoms with Crippen LogP contribution < -0.4 is 5.73 Å². The van der Waals surface area contributed by atoms with E-state index in [1.165, 1.54) is 29.4 Å². The predicted molar refractivity (Wildman–Crippen MR) is 83.0 cm³/mol. The molecule has 22 heavy (non-hydrogen) atoms. The van der Waals surface area contributed by atoms with Gasteiger partial charge in [-0.3, -0.25) is 10.1 Å². The van der Waals surface area contributed by atoms with E-state index in [-0.39, 0.29) is 28.1 Å². The fourth-order valence-corrected chi connectivity index (χ4v) is 4.62. The Kier molecular flexibility index (Phi) is 4.84. The van der Waals surface area contributed by atoms with E-state index in [2.05, 4.69) is 0 Å². The maximum atomic E-state index is 12.8.